The van der Waals surface area contributed by atoms with Gasteiger partial charge in [-0.2, -0.15) is 0 Å². The highest BCUT2D eigenvalue weighted by molar-refractivity contribution is 5.75. The average Bonchev–Trinajstić information content (AvgIpc) is 2.90. The topological polar surface area (TPSA) is 213 Å². The highest BCUT2D eigenvalue weighted by atomic mass is 16.4. The van der Waals surface area contributed by atoms with Gasteiger partial charge in [-0.25, -0.2) is 0 Å². The van der Waals surface area contributed by atoms with Crippen LogP contribution in [0.1, 0.15) is 129 Å². The van der Waals surface area contributed by atoms with Crippen molar-refractivity contribution in [3.8, 4) is 0 Å². The van der Waals surface area contributed by atoms with Gasteiger partial charge >= 0.3 is 17.9 Å². The van der Waals surface area contributed by atoms with Crippen LogP contribution in [0.2, 0.25) is 0 Å². The largest absolute Gasteiger partial charge is 0.481 e. The van der Waals surface area contributed by atoms with Crippen molar-refractivity contribution in [1.82, 2.24) is 0 Å². The van der Waals surface area contributed by atoms with Gasteiger partial charge in [-0.05, 0) is 13.3 Å². The standard InChI is InChI=1S/C18H36O2.C4H6O4.C3H8O3.C3H8O2/c1-2-3-4-5-6-7-8-9-10-11-12-13-14-15-16-17-18(19)20;5-3(6)1-2-4(7)8;4-1-3(6)2-5;1-3(5)2-4/h2-17H2,1H3,(H,19,20);1-2H2,(H,5,6)(H,7,8);3-6H,1-2H2;3-5H,2H2,1H3. The SMILES string of the molecule is CC(O)CO.CCCCCCCCCCCCCCCCCC(=O)O.O=C(O)CCC(=O)O.OCC(O)CO. The molecule has 0 saturated heterocycles. The Morgan fingerprint density at radius 2 is 0.744 bits per heavy atom. The fourth-order valence-electron chi connectivity index (χ4n) is 2.92. The summed E-state index contributed by atoms with van der Waals surface area (Å²) in [4.78, 5) is 29.6. The van der Waals surface area contributed by atoms with Crippen LogP contribution in [0, 0.1) is 0 Å². The molecule has 8 N–H and O–H groups in total. The molecule has 1 unspecified atom stereocenters. The summed E-state index contributed by atoms with van der Waals surface area (Å²) in [6.07, 6.45) is 18.1. The number of carbonyl (C=O) groups is 3. The van der Waals surface area contributed by atoms with Crippen LogP contribution < -0.4 is 0 Å². The molecule has 0 heterocycles. The molecule has 0 spiro atoms. The Labute approximate surface area is 234 Å². The third kappa shape index (κ3) is 61.7. The van der Waals surface area contributed by atoms with E-state index in [1.807, 2.05) is 0 Å². The summed E-state index contributed by atoms with van der Waals surface area (Å²) in [7, 11) is 0. The number of unbranched alkanes of at least 4 members (excludes halogenated alkanes) is 14. The molecule has 0 aromatic carbocycles. The van der Waals surface area contributed by atoms with E-state index in [2.05, 4.69) is 6.92 Å². The Hall–Kier alpha value is -1.79. The van der Waals surface area contributed by atoms with Crippen LogP contribution in [0.5, 0.6) is 0 Å². The van der Waals surface area contributed by atoms with Crippen molar-refractivity contribution in [2.24, 2.45) is 0 Å². The van der Waals surface area contributed by atoms with E-state index in [-0.39, 0.29) is 32.7 Å². The van der Waals surface area contributed by atoms with Crippen LogP contribution in [0.25, 0.3) is 0 Å². The van der Waals surface area contributed by atoms with Crippen molar-refractivity contribution in [2.45, 2.75) is 142 Å². The van der Waals surface area contributed by atoms with E-state index in [9.17, 15) is 14.4 Å². The van der Waals surface area contributed by atoms with Crippen LogP contribution in [-0.4, -0.2) is 90.8 Å². The van der Waals surface area contributed by atoms with E-state index in [1.165, 1.54) is 90.4 Å². The molecule has 11 heteroatoms. The molecule has 0 saturated carbocycles. The second kappa shape index (κ2) is 38.4. The molecule has 0 aromatic rings. The van der Waals surface area contributed by atoms with E-state index in [4.69, 9.17) is 40.9 Å². The van der Waals surface area contributed by atoms with Crippen molar-refractivity contribution in [2.75, 3.05) is 19.8 Å². The second-order valence-corrected chi connectivity index (χ2v) is 9.43. The van der Waals surface area contributed by atoms with Gasteiger partial charge in [0.2, 0.25) is 0 Å². The maximum atomic E-state index is 10.3. The smallest absolute Gasteiger partial charge is 0.303 e. The Bertz CT molecular complexity index is 496. The zero-order valence-electron chi connectivity index (χ0n) is 24.3. The Kier molecular flexibility index (Phi) is 43.5. The van der Waals surface area contributed by atoms with Gasteiger partial charge < -0.3 is 40.9 Å². The van der Waals surface area contributed by atoms with Gasteiger partial charge in [0.05, 0.1) is 38.8 Å². The van der Waals surface area contributed by atoms with Gasteiger partial charge in [0.25, 0.3) is 0 Å². The van der Waals surface area contributed by atoms with Crippen molar-refractivity contribution < 1.29 is 55.2 Å². The fraction of sp³-hybridized carbons (Fsp3) is 0.893. The highest BCUT2D eigenvalue weighted by Crippen LogP contribution is 2.13. The molecule has 0 rings (SSSR count). The van der Waals surface area contributed by atoms with Crippen molar-refractivity contribution in [3.05, 3.63) is 0 Å². The van der Waals surface area contributed by atoms with Crippen LogP contribution >= 0.6 is 0 Å². The zero-order valence-corrected chi connectivity index (χ0v) is 24.3. The molecule has 0 aromatic heterocycles. The number of rotatable bonds is 22. The minimum atomic E-state index is -1.08. The number of hydrogen-bond donors (Lipinski definition) is 8. The minimum Gasteiger partial charge on any atom is -0.481 e. The summed E-state index contributed by atoms with van der Waals surface area (Å²) >= 11 is 0. The van der Waals surface area contributed by atoms with Gasteiger partial charge in [0.15, 0.2) is 0 Å². The number of hydrogen-bond acceptors (Lipinski definition) is 8. The van der Waals surface area contributed by atoms with Crippen molar-refractivity contribution >= 4 is 17.9 Å². The zero-order chi connectivity index (χ0) is 30.7. The molecule has 0 aliphatic carbocycles. The summed E-state index contributed by atoms with van der Waals surface area (Å²) in [6, 6.07) is 0. The lowest BCUT2D eigenvalue weighted by molar-refractivity contribution is -0.143. The molecule has 0 fully saturated rings. The lowest BCUT2D eigenvalue weighted by Gasteiger charge is -2.03. The normalized spacial score (nSPS) is 10.8. The van der Waals surface area contributed by atoms with Gasteiger partial charge in [0.1, 0.15) is 6.10 Å². The monoisotopic (exact) mass is 570 g/mol. The molecule has 39 heavy (non-hydrogen) atoms. The maximum Gasteiger partial charge on any atom is 0.303 e. The van der Waals surface area contributed by atoms with Gasteiger partial charge in [0, 0.05) is 6.42 Å². The second-order valence-electron chi connectivity index (χ2n) is 9.43. The maximum absolute atomic E-state index is 10.3. The first-order valence-electron chi connectivity index (χ1n) is 14.3. The molecule has 236 valence electrons. The van der Waals surface area contributed by atoms with Crippen LogP contribution in [0.3, 0.4) is 0 Å². The van der Waals surface area contributed by atoms with Crippen molar-refractivity contribution in [3.63, 3.8) is 0 Å². The van der Waals surface area contributed by atoms with E-state index < -0.39 is 30.1 Å². The molecular weight excluding hydrogens is 512 g/mol. The first-order valence-corrected chi connectivity index (χ1v) is 14.3. The first-order chi connectivity index (χ1) is 18.5. The van der Waals surface area contributed by atoms with Gasteiger partial charge in [-0.3, -0.25) is 14.4 Å². The van der Waals surface area contributed by atoms with E-state index in [0.717, 1.165) is 12.8 Å². The van der Waals surface area contributed by atoms with E-state index in [0.29, 0.717) is 6.42 Å². The molecule has 1 atom stereocenters. The van der Waals surface area contributed by atoms with Crippen molar-refractivity contribution in [1.29, 1.82) is 0 Å². The highest BCUT2D eigenvalue weighted by Gasteiger charge is 2.00. The first kappa shape index (κ1) is 44.2. The number of aliphatic hydroxyl groups is 5. The Morgan fingerprint density at radius 3 is 0.923 bits per heavy atom. The summed E-state index contributed by atoms with van der Waals surface area (Å²) < 4.78 is 0. The average molecular weight is 571 g/mol. The van der Waals surface area contributed by atoms with Gasteiger partial charge in [-0.15, -0.1) is 0 Å². The molecule has 0 bridgehead atoms. The molecule has 0 amide bonds. The summed E-state index contributed by atoms with van der Waals surface area (Å²) in [5.74, 6) is -2.81. The lowest BCUT2D eigenvalue weighted by atomic mass is 10.0. The number of carboxylic acids is 3. The lowest BCUT2D eigenvalue weighted by Crippen LogP contribution is -2.15. The predicted molar refractivity (Wildman–Crippen MR) is 151 cm³/mol. The molecule has 0 aliphatic heterocycles. The van der Waals surface area contributed by atoms with Gasteiger partial charge in [-0.1, -0.05) is 96.8 Å². The fourth-order valence-corrected chi connectivity index (χ4v) is 2.92. The van der Waals surface area contributed by atoms with E-state index in [1.54, 1.807) is 0 Å². The number of aliphatic hydroxyl groups excluding tert-OH is 5. The summed E-state index contributed by atoms with van der Waals surface area (Å²) in [5.41, 5.74) is 0. The Morgan fingerprint density at radius 1 is 0.487 bits per heavy atom. The molecular formula is C28H58O11. The minimum absolute atomic E-state index is 0.139. The summed E-state index contributed by atoms with van der Waals surface area (Å²) in [5, 5.41) is 64.3. The number of aliphatic carboxylic acids is 3. The molecule has 11 nitrogen and oxygen atoms in total. The predicted octanol–water partition coefficient (Wildman–Crippen LogP) is 3.96. The molecule has 0 radical (unpaired) electrons. The number of carboxylic acid groups (broad SMARTS) is 3. The van der Waals surface area contributed by atoms with Crippen LogP contribution in [-0.2, 0) is 14.4 Å². The van der Waals surface area contributed by atoms with Crippen LogP contribution in [0.4, 0.5) is 0 Å². The van der Waals surface area contributed by atoms with E-state index >= 15 is 0 Å². The Balaban J connectivity index is -0.000000262. The third-order valence-electron chi connectivity index (χ3n) is 5.23. The van der Waals surface area contributed by atoms with Crippen LogP contribution in [0.15, 0.2) is 0 Å². The molecule has 0 aliphatic rings. The summed E-state index contributed by atoms with van der Waals surface area (Å²) in [6.45, 7) is 2.93. The quantitative estimate of drug-likeness (QED) is 0.0872. The third-order valence-corrected chi connectivity index (χ3v) is 5.23.